The van der Waals surface area contributed by atoms with Crippen LogP contribution in [-0.4, -0.2) is 63.6 Å². The van der Waals surface area contributed by atoms with Crippen LogP contribution >= 0.6 is 0 Å². The number of rotatable bonds is 5. The highest BCUT2D eigenvalue weighted by molar-refractivity contribution is 6.21. The van der Waals surface area contributed by atoms with E-state index in [0.29, 0.717) is 49.2 Å². The highest BCUT2D eigenvalue weighted by Crippen LogP contribution is 2.33. The summed E-state index contributed by atoms with van der Waals surface area (Å²) in [6.07, 6.45) is 2.98. The molecule has 0 aliphatic carbocycles. The third-order valence-corrected chi connectivity index (χ3v) is 7.04. The number of hydrogen-bond acceptors (Lipinski definition) is 8. The topological polar surface area (TPSA) is 130 Å². The number of benzene rings is 2. The van der Waals surface area contributed by atoms with E-state index in [1.807, 2.05) is 19.1 Å². The molecule has 0 bridgehead atoms. The van der Waals surface area contributed by atoms with E-state index in [-0.39, 0.29) is 29.0 Å². The maximum Gasteiger partial charge on any atom is 0.349 e. The number of halogens is 1. The fourth-order valence-corrected chi connectivity index (χ4v) is 4.79. The molecule has 2 aromatic carbocycles. The van der Waals surface area contributed by atoms with Crippen LogP contribution in [0.3, 0.4) is 0 Å². The van der Waals surface area contributed by atoms with Gasteiger partial charge in [0, 0.05) is 49.2 Å². The van der Waals surface area contributed by atoms with Gasteiger partial charge in [0.05, 0.1) is 16.8 Å². The lowest BCUT2D eigenvalue weighted by molar-refractivity contribution is -0.189. The predicted octanol–water partition coefficient (Wildman–Crippen LogP) is 4.85. The number of carboxylic acid groups (broad SMARTS) is 1. The van der Waals surface area contributed by atoms with E-state index in [1.54, 1.807) is 12.1 Å². The van der Waals surface area contributed by atoms with Gasteiger partial charge in [0.1, 0.15) is 5.82 Å². The van der Waals surface area contributed by atoms with Gasteiger partial charge in [-0.2, -0.15) is 0 Å². The molecule has 216 valence electrons. The molecule has 1 fully saturated rings. The van der Waals surface area contributed by atoms with Crippen molar-refractivity contribution in [3.8, 4) is 0 Å². The molecular weight excluding hydrogens is 533 g/mol. The van der Waals surface area contributed by atoms with Gasteiger partial charge in [-0.1, -0.05) is 32.0 Å². The smallest absolute Gasteiger partial charge is 0.349 e. The van der Waals surface area contributed by atoms with Crippen molar-refractivity contribution in [1.29, 1.82) is 0 Å². The molecule has 3 heterocycles. The van der Waals surface area contributed by atoms with Crippen LogP contribution in [0.4, 0.5) is 4.39 Å². The van der Waals surface area contributed by atoms with Gasteiger partial charge in [-0.15, -0.1) is 5.06 Å². The average Bonchev–Trinajstić information content (AvgIpc) is 3.45. The van der Waals surface area contributed by atoms with Gasteiger partial charge >= 0.3 is 11.9 Å². The highest BCUT2D eigenvalue weighted by Gasteiger charge is 2.35. The Kier molecular flexibility index (Phi) is 8.67. The summed E-state index contributed by atoms with van der Waals surface area (Å²) in [5, 5.41) is 14.8. The standard InChI is InChI=1S/C16H15FN2O5.C14H17NO2/c17-11-1-2-12-13(9-11)23-18-16(12)10-5-7-19(8-6-10)24-15(22)4-3-14(20)21;1-5-15-12(16)10-7-6-9(14(2,3)4)8-11(10)13(15)17/h1-4,9-10H,5-8H2,(H,20,21);6-8H,5H2,1-4H3/b4-3+;. The summed E-state index contributed by atoms with van der Waals surface area (Å²) in [6.45, 7) is 9.50. The van der Waals surface area contributed by atoms with Crippen LogP contribution in [0.2, 0.25) is 0 Å². The number of hydroxylamine groups is 2. The van der Waals surface area contributed by atoms with Crippen molar-refractivity contribution in [3.05, 3.63) is 76.8 Å². The van der Waals surface area contributed by atoms with Crippen molar-refractivity contribution in [2.24, 2.45) is 0 Å². The summed E-state index contributed by atoms with van der Waals surface area (Å²) in [5.74, 6) is -2.52. The molecule has 2 aliphatic heterocycles. The Balaban J connectivity index is 0.000000201. The van der Waals surface area contributed by atoms with Crippen molar-refractivity contribution in [2.75, 3.05) is 19.6 Å². The number of imide groups is 1. The Morgan fingerprint density at radius 2 is 1.76 bits per heavy atom. The highest BCUT2D eigenvalue weighted by atomic mass is 19.1. The van der Waals surface area contributed by atoms with Gasteiger partial charge < -0.3 is 14.5 Å². The molecule has 0 unspecified atom stereocenters. The number of nitrogens with zero attached hydrogens (tertiary/aromatic N) is 3. The Morgan fingerprint density at radius 1 is 1.07 bits per heavy atom. The lowest BCUT2D eigenvalue weighted by Gasteiger charge is -2.29. The summed E-state index contributed by atoms with van der Waals surface area (Å²) in [7, 11) is 0. The molecule has 0 atom stereocenters. The van der Waals surface area contributed by atoms with Crippen molar-refractivity contribution < 1.29 is 38.0 Å². The van der Waals surface area contributed by atoms with Crippen LogP contribution in [0.25, 0.3) is 11.0 Å². The second-order valence-electron chi connectivity index (χ2n) is 10.9. The van der Waals surface area contributed by atoms with Gasteiger partial charge in [0.2, 0.25) is 0 Å². The molecule has 0 radical (unpaired) electrons. The summed E-state index contributed by atoms with van der Waals surface area (Å²) in [5.41, 5.74) is 3.33. The second kappa shape index (κ2) is 12.0. The Bertz CT molecular complexity index is 1510. The minimum Gasteiger partial charge on any atom is -0.478 e. The van der Waals surface area contributed by atoms with E-state index in [1.165, 1.54) is 22.1 Å². The molecule has 1 aromatic heterocycles. The molecule has 0 spiro atoms. The van der Waals surface area contributed by atoms with Crippen LogP contribution in [-0.2, 0) is 19.8 Å². The molecule has 41 heavy (non-hydrogen) atoms. The number of fused-ring (bicyclic) bond motifs is 2. The summed E-state index contributed by atoms with van der Waals surface area (Å²) < 4.78 is 18.4. The normalized spacial score (nSPS) is 16.2. The first kappa shape index (κ1) is 29.6. The van der Waals surface area contributed by atoms with Crippen LogP contribution < -0.4 is 0 Å². The van der Waals surface area contributed by atoms with Crippen molar-refractivity contribution in [1.82, 2.24) is 15.1 Å². The second-order valence-corrected chi connectivity index (χ2v) is 10.9. The molecular formula is C30H32FN3O7. The predicted molar refractivity (Wildman–Crippen MR) is 147 cm³/mol. The van der Waals surface area contributed by atoms with Crippen LogP contribution in [0, 0.1) is 5.82 Å². The quantitative estimate of drug-likeness (QED) is 0.341. The molecule has 1 saturated heterocycles. The number of carbonyl (C=O) groups is 4. The number of piperidine rings is 1. The first-order valence-electron chi connectivity index (χ1n) is 13.3. The number of aromatic nitrogens is 1. The first-order chi connectivity index (χ1) is 19.4. The fourth-order valence-electron chi connectivity index (χ4n) is 4.79. The van der Waals surface area contributed by atoms with Gasteiger partial charge in [-0.25, -0.2) is 14.0 Å². The largest absolute Gasteiger partial charge is 0.478 e. The molecule has 1 N–H and O–H groups in total. The molecule has 3 aromatic rings. The first-order valence-corrected chi connectivity index (χ1v) is 13.3. The molecule has 10 nitrogen and oxygen atoms in total. The van der Waals surface area contributed by atoms with E-state index >= 15 is 0 Å². The minimum atomic E-state index is -1.21. The number of aliphatic carboxylic acids is 1. The molecule has 11 heteroatoms. The maximum absolute atomic E-state index is 13.2. The van der Waals surface area contributed by atoms with Crippen molar-refractivity contribution >= 4 is 34.7 Å². The molecule has 2 aliphatic rings. The number of carboxylic acids is 1. The zero-order valence-corrected chi connectivity index (χ0v) is 23.3. The summed E-state index contributed by atoms with van der Waals surface area (Å²) >= 11 is 0. The molecule has 5 rings (SSSR count). The van der Waals surface area contributed by atoms with E-state index in [9.17, 15) is 23.6 Å². The zero-order chi connectivity index (χ0) is 29.9. The van der Waals surface area contributed by atoms with Crippen LogP contribution in [0.1, 0.15) is 78.4 Å². The maximum atomic E-state index is 13.2. The lowest BCUT2D eigenvalue weighted by Crippen LogP contribution is -2.34. The minimum absolute atomic E-state index is 0.0159. The van der Waals surface area contributed by atoms with Crippen molar-refractivity contribution in [3.63, 3.8) is 0 Å². The SMILES string of the molecule is CCN1C(=O)c2ccc(C(C)(C)C)cc2C1=O.O=C(O)/C=C/C(=O)ON1CCC(c2noc3cc(F)ccc23)CC1. The Morgan fingerprint density at radius 3 is 2.39 bits per heavy atom. The van der Waals surface area contributed by atoms with Gasteiger partial charge in [0.15, 0.2) is 5.58 Å². The van der Waals surface area contributed by atoms with Gasteiger partial charge in [-0.05, 0) is 55.0 Å². The molecule has 2 amide bonds. The third-order valence-electron chi connectivity index (χ3n) is 7.04. The van der Waals surface area contributed by atoms with Crippen molar-refractivity contribution in [2.45, 2.75) is 51.9 Å². The van der Waals surface area contributed by atoms with Gasteiger partial charge in [0.25, 0.3) is 11.8 Å². The molecule has 0 saturated carbocycles. The fraction of sp³-hybridized carbons (Fsp3) is 0.367. The van der Waals surface area contributed by atoms with E-state index in [2.05, 4.69) is 25.9 Å². The van der Waals surface area contributed by atoms with Crippen LogP contribution in [0.15, 0.2) is 53.1 Å². The number of carbonyl (C=O) groups excluding carboxylic acids is 3. The lowest BCUT2D eigenvalue weighted by atomic mass is 9.85. The third kappa shape index (κ3) is 6.68. The van der Waals surface area contributed by atoms with E-state index in [4.69, 9.17) is 14.5 Å². The summed E-state index contributed by atoms with van der Waals surface area (Å²) in [6, 6.07) is 9.88. The Labute approximate surface area is 236 Å². The monoisotopic (exact) mass is 565 g/mol. The van der Waals surface area contributed by atoms with Gasteiger partial charge in [-0.3, -0.25) is 14.5 Å². The van der Waals surface area contributed by atoms with Crippen LogP contribution in [0.5, 0.6) is 0 Å². The number of amides is 2. The Hall–Kier alpha value is -4.38. The zero-order valence-electron chi connectivity index (χ0n) is 23.3. The number of hydrogen-bond donors (Lipinski definition) is 1. The van der Waals surface area contributed by atoms with E-state index < -0.39 is 11.9 Å². The summed E-state index contributed by atoms with van der Waals surface area (Å²) in [4.78, 5) is 52.1. The average molecular weight is 566 g/mol. The van der Waals surface area contributed by atoms with E-state index in [0.717, 1.165) is 28.8 Å².